The molecular weight excluding hydrogens is 230 g/mol. The van der Waals surface area contributed by atoms with E-state index in [2.05, 4.69) is 29.7 Å². The van der Waals surface area contributed by atoms with Crippen LogP contribution in [-0.2, 0) is 0 Å². The van der Waals surface area contributed by atoms with Crippen molar-refractivity contribution in [3.05, 3.63) is 18.5 Å². The second kappa shape index (κ2) is 3.28. The summed E-state index contributed by atoms with van der Waals surface area (Å²) in [6, 6.07) is 2.47. The summed E-state index contributed by atoms with van der Waals surface area (Å²) in [5.74, 6) is 1.62. The highest BCUT2D eigenvalue weighted by molar-refractivity contribution is 5.79. The first-order valence-corrected chi connectivity index (χ1v) is 5.83. The van der Waals surface area contributed by atoms with Crippen molar-refractivity contribution in [1.29, 1.82) is 0 Å². The summed E-state index contributed by atoms with van der Waals surface area (Å²) in [5.41, 5.74) is 7.50. The molecule has 0 aromatic carbocycles. The fourth-order valence-corrected chi connectivity index (χ4v) is 2.19. The number of nitrogen functional groups attached to an aromatic ring is 1. The fourth-order valence-electron chi connectivity index (χ4n) is 2.19. The number of nitrogens with two attached hydrogens (primary N) is 1. The minimum absolute atomic E-state index is 0.234. The Kier molecular flexibility index (Phi) is 1.75. The molecule has 7 nitrogen and oxygen atoms in total. The molecule has 0 unspecified atom stereocenters. The molecule has 0 saturated heterocycles. The number of nitrogens with zero attached hydrogens (tertiary/aromatic N) is 5. The van der Waals surface area contributed by atoms with Crippen LogP contribution < -0.4 is 5.73 Å². The van der Waals surface area contributed by atoms with E-state index in [9.17, 15) is 0 Å². The van der Waals surface area contributed by atoms with Crippen molar-refractivity contribution in [2.45, 2.75) is 18.9 Å². The van der Waals surface area contributed by atoms with Gasteiger partial charge in [-0.15, -0.1) is 5.10 Å². The summed E-state index contributed by atoms with van der Waals surface area (Å²) in [7, 11) is 0. The molecule has 4 rings (SSSR count). The van der Waals surface area contributed by atoms with E-state index in [1.165, 1.54) is 12.8 Å². The van der Waals surface area contributed by atoms with Gasteiger partial charge in [0, 0.05) is 12.2 Å². The lowest BCUT2D eigenvalue weighted by atomic mass is 10.4. The maximum Gasteiger partial charge on any atom is 0.239 e. The molecule has 0 spiro atoms. The predicted molar refractivity (Wildman–Crippen MR) is 65.6 cm³/mol. The van der Waals surface area contributed by atoms with Crippen LogP contribution >= 0.6 is 0 Å². The van der Waals surface area contributed by atoms with E-state index in [1.54, 1.807) is 12.4 Å². The summed E-state index contributed by atoms with van der Waals surface area (Å²) < 4.78 is 2.19. The molecule has 7 heteroatoms. The van der Waals surface area contributed by atoms with Crippen LogP contribution in [0, 0.1) is 0 Å². The minimum Gasteiger partial charge on any atom is -0.366 e. The zero-order valence-electron chi connectivity index (χ0n) is 9.54. The molecule has 3 heterocycles. The highest BCUT2D eigenvalue weighted by Crippen LogP contribution is 2.40. The second-order valence-electron chi connectivity index (χ2n) is 4.44. The zero-order chi connectivity index (χ0) is 12.1. The molecule has 0 aliphatic heterocycles. The van der Waals surface area contributed by atoms with Gasteiger partial charge in [0.25, 0.3) is 0 Å². The number of aromatic nitrogens is 6. The number of hydrogen-bond acceptors (Lipinski definition) is 5. The Morgan fingerprint density at radius 3 is 2.94 bits per heavy atom. The van der Waals surface area contributed by atoms with E-state index >= 15 is 0 Å². The molecule has 1 aliphatic carbocycles. The predicted octanol–water partition coefficient (Wildman–Crippen LogP) is 1.13. The van der Waals surface area contributed by atoms with Crippen LogP contribution in [0.1, 0.15) is 18.9 Å². The van der Waals surface area contributed by atoms with Crippen LogP contribution in [0.3, 0.4) is 0 Å². The van der Waals surface area contributed by atoms with Crippen LogP contribution in [0.5, 0.6) is 0 Å². The monoisotopic (exact) mass is 241 g/mol. The summed E-state index contributed by atoms with van der Waals surface area (Å²) in [6.45, 7) is 0. The first kappa shape index (κ1) is 9.58. The van der Waals surface area contributed by atoms with Gasteiger partial charge < -0.3 is 10.3 Å². The SMILES string of the molecule is Nc1n[nH]c(-c2nc3cnccc3n2C2CC2)n1. The largest absolute Gasteiger partial charge is 0.366 e. The molecule has 3 aromatic heterocycles. The number of anilines is 1. The molecule has 3 N–H and O–H groups in total. The van der Waals surface area contributed by atoms with Crippen molar-refractivity contribution in [2.24, 2.45) is 0 Å². The molecule has 0 radical (unpaired) electrons. The highest BCUT2D eigenvalue weighted by Gasteiger charge is 2.29. The number of H-pyrrole nitrogens is 1. The van der Waals surface area contributed by atoms with Crippen molar-refractivity contribution in [3.63, 3.8) is 0 Å². The van der Waals surface area contributed by atoms with Crippen LogP contribution in [0.2, 0.25) is 0 Å². The topological polar surface area (TPSA) is 98.3 Å². The number of fused-ring (bicyclic) bond motifs is 1. The van der Waals surface area contributed by atoms with Crippen LogP contribution in [0.25, 0.3) is 22.7 Å². The Morgan fingerprint density at radius 1 is 1.33 bits per heavy atom. The Bertz CT molecular complexity index is 722. The summed E-state index contributed by atoms with van der Waals surface area (Å²) >= 11 is 0. The molecule has 1 saturated carbocycles. The lowest BCUT2D eigenvalue weighted by Gasteiger charge is -2.04. The molecule has 3 aromatic rings. The van der Waals surface area contributed by atoms with Crippen molar-refractivity contribution >= 4 is 17.0 Å². The number of nitrogens with one attached hydrogen (secondary N) is 1. The lowest BCUT2D eigenvalue weighted by molar-refractivity contribution is 0.769. The quantitative estimate of drug-likeness (QED) is 0.700. The van der Waals surface area contributed by atoms with Gasteiger partial charge in [-0.3, -0.25) is 10.1 Å². The third-order valence-corrected chi connectivity index (χ3v) is 3.12. The molecule has 0 atom stereocenters. The van der Waals surface area contributed by atoms with Crippen molar-refractivity contribution < 1.29 is 0 Å². The van der Waals surface area contributed by atoms with Crippen LogP contribution in [0.4, 0.5) is 5.95 Å². The van der Waals surface area contributed by atoms with E-state index in [-0.39, 0.29) is 5.95 Å². The standard InChI is InChI=1S/C11H11N7/c12-11-15-9(16-17-11)10-14-7-5-13-4-3-8(7)18(10)6-1-2-6/h3-6H,1-2H2,(H3,12,15,16,17). The van der Waals surface area contributed by atoms with Crippen molar-refractivity contribution in [2.75, 3.05) is 5.73 Å². The summed E-state index contributed by atoms with van der Waals surface area (Å²) in [4.78, 5) is 12.8. The van der Waals surface area contributed by atoms with Crippen LogP contribution in [0.15, 0.2) is 18.5 Å². The molecule has 0 amide bonds. The van der Waals surface area contributed by atoms with E-state index in [0.29, 0.717) is 11.9 Å². The van der Waals surface area contributed by atoms with Gasteiger partial charge in [0.2, 0.25) is 5.95 Å². The number of hydrogen-bond donors (Lipinski definition) is 2. The van der Waals surface area contributed by atoms with E-state index in [1.807, 2.05) is 6.07 Å². The fraction of sp³-hybridized carbons (Fsp3) is 0.273. The Balaban J connectivity index is 2.01. The van der Waals surface area contributed by atoms with Gasteiger partial charge in [0.15, 0.2) is 11.6 Å². The normalized spacial score (nSPS) is 15.3. The minimum atomic E-state index is 0.234. The summed E-state index contributed by atoms with van der Waals surface area (Å²) in [5, 5.41) is 6.67. The summed E-state index contributed by atoms with van der Waals surface area (Å²) in [6.07, 6.45) is 5.88. The van der Waals surface area contributed by atoms with Crippen molar-refractivity contribution in [3.8, 4) is 11.6 Å². The highest BCUT2D eigenvalue weighted by atomic mass is 15.3. The molecule has 90 valence electrons. The van der Waals surface area contributed by atoms with Gasteiger partial charge in [-0.05, 0) is 18.9 Å². The zero-order valence-corrected chi connectivity index (χ0v) is 9.54. The number of aromatic amines is 1. The van der Waals surface area contributed by atoms with E-state index in [4.69, 9.17) is 5.73 Å². The van der Waals surface area contributed by atoms with Gasteiger partial charge in [-0.1, -0.05) is 0 Å². The average Bonchev–Trinajstić information content (AvgIpc) is 3.00. The van der Waals surface area contributed by atoms with E-state index in [0.717, 1.165) is 16.9 Å². The Morgan fingerprint density at radius 2 is 2.22 bits per heavy atom. The van der Waals surface area contributed by atoms with Gasteiger partial charge >= 0.3 is 0 Å². The van der Waals surface area contributed by atoms with Gasteiger partial charge in [-0.2, -0.15) is 4.98 Å². The number of pyridine rings is 1. The number of rotatable bonds is 2. The average molecular weight is 241 g/mol. The molecular formula is C11H11N7. The van der Waals surface area contributed by atoms with Gasteiger partial charge in [0.1, 0.15) is 5.52 Å². The van der Waals surface area contributed by atoms with Crippen LogP contribution in [-0.4, -0.2) is 29.7 Å². The molecule has 0 bridgehead atoms. The molecule has 1 fully saturated rings. The van der Waals surface area contributed by atoms with E-state index < -0.39 is 0 Å². The Hall–Kier alpha value is -2.44. The molecule has 1 aliphatic rings. The third-order valence-electron chi connectivity index (χ3n) is 3.12. The van der Waals surface area contributed by atoms with Gasteiger partial charge in [-0.25, -0.2) is 4.98 Å². The first-order valence-electron chi connectivity index (χ1n) is 5.83. The maximum atomic E-state index is 5.55. The first-order chi connectivity index (χ1) is 8.83. The molecule has 18 heavy (non-hydrogen) atoms. The maximum absolute atomic E-state index is 5.55. The van der Waals surface area contributed by atoms with Gasteiger partial charge in [0.05, 0.1) is 11.7 Å². The third kappa shape index (κ3) is 1.30. The Labute approximate surface area is 102 Å². The number of imidazole rings is 1. The lowest BCUT2D eigenvalue weighted by Crippen LogP contribution is -1.98. The van der Waals surface area contributed by atoms with Crippen molar-refractivity contribution in [1.82, 2.24) is 29.7 Å². The second-order valence-corrected chi connectivity index (χ2v) is 4.44. The smallest absolute Gasteiger partial charge is 0.239 e.